The number of fused-ring (bicyclic) bond motifs is 1. The van der Waals surface area contributed by atoms with E-state index in [0.717, 1.165) is 42.2 Å². The number of rotatable bonds is 5. The van der Waals surface area contributed by atoms with Crippen LogP contribution in [-0.2, 0) is 19.6 Å². The van der Waals surface area contributed by atoms with Gasteiger partial charge in [0.2, 0.25) is 17.7 Å². The van der Waals surface area contributed by atoms with E-state index in [1.54, 1.807) is 0 Å². The summed E-state index contributed by atoms with van der Waals surface area (Å²) in [6.07, 6.45) is 0.990. The number of nitrogens with zero attached hydrogens (tertiary/aromatic N) is 4. The largest absolute Gasteiger partial charge is 0.471 e. The van der Waals surface area contributed by atoms with Crippen LogP contribution < -0.4 is 9.64 Å². The third kappa shape index (κ3) is 4.14. The lowest BCUT2D eigenvalue weighted by Gasteiger charge is -2.29. The fourth-order valence-corrected chi connectivity index (χ4v) is 3.81. The van der Waals surface area contributed by atoms with Gasteiger partial charge in [0.1, 0.15) is 18.1 Å². The number of aryl methyl sites for hydroxylation is 2. The minimum absolute atomic E-state index is 0.293. The second-order valence-corrected chi connectivity index (χ2v) is 7.76. The van der Waals surface area contributed by atoms with Gasteiger partial charge in [-0.05, 0) is 43.5 Å². The molecule has 0 N–H and O–H groups in total. The van der Waals surface area contributed by atoms with Crippen molar-refractivity contribution in [3.05, 3.63) is 88.9 Å². The molecule has 2 aromatic carbocycles. The van der Waals surface area contributed by atoms with E-state index in [4.69, 9.17) is 9.15 Å². The molecule has 4 aromatic rings. The molecule has 5 rings (SSSR count). The zero-order chi connectivity index (χ0) is 21.2. The summed E-state index contributed by atoms with van der Waals surface area (Å²) in [6.45, 7) is 5.86. The first-order valence-corrected chi connectivity index (χ1v) is 10.5. The van der Waals surface area contributed by atoms with Gasteiger partial charge in [-0.2, -0.15) is 4.98 Å². The molecule has 0 spiro atoms. The predicted octanol–water partition coefficient (Wildman–Crippen LogP) is 4.89. The maximum Gasteiger partial charge on any atom is 0.229 e. The van der Waals surface area contributed by atoms with Crippen molar-refractivity contribution in [3.63, 3.8) is 0 Å². The molecule has 0 aliphatic carbocycles. The molecule has 3 heterocycles. The first-order valence-electron chi connectivity index (χ1n) is 10.5. The third-order valence-corrected chi connectivity index (χ3v) is 5.50. The van der Waals surface area contributed by atoms with E-state index in [0.29, 0.717) is 24.3 Å². The monoisotopic (exact) mass is 412 g/mol. The molecule has 0 saturated heterocycles. The number of anilines is 1. The van der Waals surface area contributed by atoms with Gasteiger partial charge in [-0.25, -0.2) is 9.97 Å². The van der Waals surface area contributed by atoms with E-state index < -0.39 is 0 Å². The Balaban J connectivity index is 1.32. The average Bonchev–Trinajstić information content (AvgIpc) is 3.18. The molecule has 6 nitrogen and oxygen atoms in total. The van der Waals surface area contributed by atoms with Crippen molar-refractivity contribution in [2.75, 3.05) is 11.4 Å². The summed E-state index contributed by atoms with van der Waals surface area (Å²) in [6, 6.07) is 20.3. The molecule has 0 saturated carbocycles. The summed E-state index contributed by atoms with van der Waals surface area (Å²) in [7, 11) is 0. The van der Waals surface area contributed by atoms with Gasteiger partial charge >= 0.3 is 0 Å². The highest BCUT2D eigenvalue weighted by molar-refractivity contribution is 5.53. The van der Waals surface area contributed by atoms with E-state index in [1.807, 2.05) is 50.2 Å². The van der Waals surface area contributed by atoms with Gasteiger partial charge in [-0.15, -0.1) is 0 Å². The van der Waals surface area contributed by atoms with Crippen LogP contribution in [0.3, 0.4) is 0 Å². The van der Waals surface area contributed by atoms with Crippen molar-refractivity contribution >= 4 is 5.95 Å². The van der Waals surface area contributed by atoms with Crippen LogP contribution in [0.25, 0.3) is 11.5 Å². The van der Waals surface area contributed by atoms with Crippen LogP contribution in [0.2, 0.25) is 0 Å². The van der Waals surface area contributed by atoms with Crippen LogP contribution in [0, 0.1) is 13.8 Å². The van der Waals surface area contributed by atoms with Gasteiger partial charge in [0.15, 0.2) is 0 Å². The van der Waals surface area contributed by atoms with Gasteiger partial charge in [0.05, 0.1) is 0 Å². The predicted molar refractivity (Wildman–Crippen MR) is 119 cm³/mol. The van der Waals surface area contributed by atoms with Crippen molar-refractivity contribution in [1.82, 2.24) is 15.0 Å². The second kappa shape index (κ2) is 8.22. The molecule has 1 aliphatic heterocycles. The summed E-state index contributed by atoms with van der Waals surface area (Å²) in [4.78, 5) is 16.1. The lowest BCUT2D eigenvalue weighted by atomic mass is 10.0. The molecule has 0 radical (unpaired) electrons. The third-order valence-electron chi connectivity index (χ3n) is 5.50. The summed E-state index contributed by atoms with van der Waals surface area (Å²) in [5.41, 5.74) is 5.32. The van der Waals surface area contributed by atoms with Gasteiger partial charge in [0.25, 0.3) is 0 Å². The van der Waals surface area contributed by atoms with Crippen molar-refractivity contribution in [2.45, 2.75) is 33.4 Å². The molecule has 0 fully saturated rings. The van der Waals surface area contributed by atoms with Crippen molar-refractivity contribution in [2.24, 2.45) is 0 Å². The number of oxazole rings is 1. The molecule has 1 aliphatic rings. The summed E-state index contributed by atoms with van der Waals surface area (Å²) >= 11 is 0. The van der Waals surface area contributed by atoms with Crippen molar-refractivity contribution in [3.8, 4) is 17.3 Å². The van der Waals surface area contributed by atoms with Crippen LogP contribution in [-0.4, -0.2) is 21.5 Å². The lowest BCUT2D eigenvalue weighted by Crippen LogP contribution is -2.31. The van der Waals surface area contributed by atoms with Crippen molar-refractivity contribution < 1.29 is 9.15 Å². The highest BCUT2D eigenvalue weighted by atomic mass is 16.5. The van der Waals surface area contributed by atoms with Crippen LogP contribution in [0.5, 0.6) is 5.88 Å². The Morgan fingerprint density at radius 1 is 0.935 bits per heavy atom. The molecule has 0 unspecified atom stereocenters. The number of ether oxygens (including phenoxy) is 1. The first-order chi connectivity index (χ1) is 15.2. The molecule has 2 aromatic heterocycles. The van der Waals surface area contributed by atoms with Gasteiger partial charge in [0, 0.05) is 30.4 Å². The maximum atomic E-state index is 6.00. The molecule has 156 valence electrons. The standard InChI is InChI=1S/C25H24N4O2/c1-17-14-23(28-25(26-17)29-13-12-19-8-6-7-11-21(19)15-29)30-16-22-18(2)31-24(27-22)20-9-4-3-5-10-20/h3-11,14H,12-13,15-16H2,1-2H3. The van der Waals surface area contributed by atoms with E-state index in [-0.39, 0.29) is 0 Å². The summed E-state index contributed by atoms with van der Waals surface area (Å²) in [5, 5.41) is 0. The SMILES string of the molecule is Cc1cc(OCc2nc(-c3ccccc3)oc2C)nc(N2CCc3ccccc3C2)n1. The quantitative estimate of drug-likeness (QED) is 0.465. The van der Waals surface area contributed by atoms with E-state index in [9.17, 15) is 0 Å². The summed E-state index contributed by atoms with van der Waals surface area (Å²) < 4.78 is 11.8. The highest BCUT2D eigenvalue weighted by Gasteiger charge is 2.19. The lowest BCUT2D eigenvalue weighted by molar-refractivity contribution is 0.286. The number of benzene rings is 2. The fraction of sp³-hybridized carbons (Fsp3) is 0.240. The minimum atomic E-state index is 0.293. The van der Waals surface area contributed by atoms with E-state index in [2.05, 4.69) is 44.1 Å². The molecule has 0 bridgehead atoms. The molecule has 0 atom stereocenters. The second-order valence-electron chi connectivity index (χ2n) is 7.76. The zero-order valence-electron chi connectivity index (χ0n) is 17.7. The van der Waals surface area contributed by atoms with E-state index >= 15 is 0 Å². The Morgan fingerprint density at radius 3 is 2.55 bits per heavy atom. The van der Waals surface area contributed by atoms with Gasteiger partial charge in [-0.3, -0.25) is 0 Å². The van der Waals surface area contributed by atoms with Crippen molar-refractivity contribution in [1.29, 1.82) is 0 Å². The van der Waals surface area contributed by atoms with Crippen LogP contribution in [0.1, 0.15) is 28.3 Å². The van der Waals surface area contributed by atoms with E-state index in [1.165, 1.54) is 11.1 Å². The Morgan fingerprint density at radius 2 is 1.71 bits per heavy atom. The molecule has 31 heavy (non-hydrogen) atoms. The fourth-order valence-electron chi connectivity index (χ4n) is 3.81. The highest BCUT2D eigenvalue weighted by Crippen LogP contribution is 2.25. The average molecular weight is 412 g/mol. The Labute approximate surface area is 181 Å². The Hall–Kier alpha value is -3.67. The maximum absolute atomic E-state index is 6.00. The minimum Gasteiger partial charge on any atom is -0.471 e. The number of aromatic nitrogens is 3. The Kier molecular flexibility index (Phi) is 5.12. The van der Waals surface area contributed by atoms with Crippen LogP contribution in [0.4, 0.5) is 5.95 Å². The van der Waals surface area contributed by atoms with Crippen LogP contribution in [0.15, 0.2) is 65.1 Å². The number of hydrogen-bond acceptors (Lipinski definition) is 6. The number of hydrogen-bond donors (Lipinski definition) is 0. The smallest absolute Gasteiger partial charge is 0.229 e. The molecular weight excluding hydrogens is 388 g/mol. The topological polar surface area (TPSA) is 64.3 Å². The van der Waals surface area contributed by atoms with Gasteiger partial charge < -0.3 is 14.1 Å². The van der Waals surface area contributed by atoms with Gasteiger partial charge in [-0.1, -0.05) is 42.5 Å². The van der Waals surface area contributed by atoms with Crippen LogP contribution >= 0.6 is 0 Å². The molecule has 0 amide bonds. The Bertz CT molecular complexity index is 1200. The summed E-state index contributed by atoms with van der Waals surface area (Å²) in [5.74, 6) is 2.59. The molecule has 6 heteroatoms. The molecular formula is C25H24N4O2. The normalized spacial score (nSPS) is 13.2. The zero-order valence-corrected chi connectivity index (χ0v) is 17.7. The first kappa shape index (κ1) is 19.3.